The second kappa shape index (κ2) is 5.91. The Kier molecular flexibility index (Phi) is 4.48. The zero-order valence-corrected chi connectivity index (χ0v) is 12.6. The summed E-state index contributed by atoms with van der Waals surface area (Å²) >= 11 is 0. The van der Waals surface area contributed by atoms with Crippen LogP contribution in [-0.2, 0) is 6.42 Å². The van der Waals surface area contributed by atoms with E-state index in [0.717, 1.165) is 11.8 Å². The predicted molar refractivity (Wildman–Crippen MR) is 80.3 cm³/mol. The van der Waals surface area contributed by atoms with E-state index in [2.05, 4.69) is 39.8 Å². The van der Waals surface area contributed by atoms with Crippen LogP contribution in [-0.4, -0.2) is 0 Å². The number of rotatable bonds is 4. The van der Waals surface area contributed by atoms with Crippen LogP contribution in [0.5, 0.6) is 0 Å². The predicted octanol–water partition coefficient (Wildman–Crippen LogP) is 5.55. The van der Waals surface area contributed by atoms with Crippen LogP contribution in [0.25, 0.3) is 0 Å². The highest BCUT2D eigenvalue weighted by atomic mass is 14.3. The summed E-state index contributed by atoms with van der Waals surface area (Å²) in [6.07, 6.45) is 8.20. The first kappa shape index (κ1) is 13.6. The maximum atomic E-state index is 2.48. The van der Waals surface area contributed by atoms with Crippen molar-refractivity contribution in [3.63, 3.8) is 0 Å². The van der Waals surface area contributed by atoms with Crippen LogP contribution in [0.1, 0.15) is 74.1 Å². The van der Waals surface area contributed by atoms with Crippen molar-refractivity contribution in [1.82, 2.24) is 0 Å². The molecule has 0 radical (unpaired) electrons. The summed E-state index contributed by atoms with van der Waals surface area (Å²) in [5.41, 5.74) is 6.25. The van der Waals surface area contributed by atoms with Crippen LogP contribution >= 0.6 is 0 Å². The summed E-state index contributed by atoms with van der Waals surface area (Å²) in [5.74, 6) is 1.67. The fourth-order valence-corrected chi connectivity index (χ4v) is 3.45. The topological polar surface area (TPSA) is 0 Å². The van der Waals surface area contributed by atoms with E-state index in [0.29, 0.717) is 0 Å². The molecule has 0 amide bonds. The van der Waals surface area contributed by atoms with Crippen molar-refractivity contribution in [1.29, 1.82) is 0 Å². The van der Waals surface area contributed by atoms with Gasteiger partial charge in [-0.3, -0.25) is 0 Å². The van der Waals surface area contributed by atoms with Gasteiger partial charge in [0.05, 0.1) is 0 Å². The molecule has 2 atom stereocenters. The third-order valence-electron chi connectivity index (χ3n) is 4.82. The molecule has 18 heavy (non-hydrogen) atoms. The molecule has 0 unspecified atom stereocenters. The van der Waals surface area contributed by atoms with Crippen molar-refractivity contribution >= 4 is 0 Å². The van der Waals surface area contributed by atoms with E-state index in [9.17, 15) is 0 Å². The smallest absolute Gasteiger partial charge is 0.0133 e. The molecule has 1 aromatic carbocycles. The Labute approximate surface area is 113 Å². The fraction of sp³-hybridized carbons (Fsp3) is 0.667. The third kappa shape index (κ3) is 2.79. The molecule has 0 N–H and O–H groups in total. The third-order valence-corrected chi connectivity index (χ3v) is 4.82. The lowest BCUT2D eigenvalue weighted by molar-refractivity contribution is 0.374. The first-order valence-electron chi connectivity index (χ1n) is 7.73. The van der Waals surface area contributed by atoms with E-state index in [1.54, 1.807) is 11.1 Å². The molecule has 1 aromatic rings. The zero-order valence-electron chi connectivity index (χ0n) is 12.6. The van der Waals surface area contributed by atoms with Gasteiger partial charge in [-0.05, 0) is 67.2 Å². The molecule has 0 heterocycles. The van der Waals surface area contributed by atoms with Gasteiger partial charge in [0.25, 0.3) is 0 Å². The Morgan fingerprint density at radius 3 is 2.67 bits per heavy atom. The lowest BCUT2D eigenvalue weighted by atomic mass is 9.74. The summed E-state index contributed by atoms with van der Waals surface area (Å²) in [6, 6.07) is 4.93. The number of unbranched alkanes of at least 4 members (excludes halogenated alkanes) is 1. The highest BCUT2D eigenvalue weighted by Gasteiger charge is 2.25. The number of fused-ring (bicyclic) bond motifs is 1. The Hall–Kier alpha value is -0.780. The molecule has 0 saturated heterocycles. The monoisotopic (exact) mass is 244 g/mol. The Bertz CT molecular complexity index is 403. The molecule has 1 aliphatic rings. The van der Waals surface area contributed by atoms with Gasteiger partial charge in [0, 0.05) is 0 Å². The second-order valence-electron chi connectivity index (χ2n) is 6.25. The summed E-state index contributed by atoms with van der Waals surface area (Å²) in [6.45, 7) is 9.28. The first-order valence-corrected chi connectivity index (χ1v) is 7.73. The Morgan fingerprint density at radius 2 is 1.94 bits per heavy atom. The van der Waals surface area contributed by atoms with Crippen molar-refractivity contribution < 1.29 is 0 Å². The highest BCUT2D eigenvalue weighted by Crippen LogP contribution is 2.39. The van der Waals surface area contributed by atoms with E-state index >= 15 is 0 Å². The largest absolute Gasteiger partial charge is 0.0654 e. The number of aryl methyl sites for hydroxylation is 3. The molecular formula is C18H28. The minimum absolute atomic E-state index is 0.819. The molecule has 0 bridgehead atoms. The SMILES string of the molecule is CCCC[C@H](C)[C@H]1CCCc2cc(C)c(C)cc21. The van der Waals surface area contributed by atoms with Gasteiger partial charge < -0.3 is 0 Å². The number of benzene rings is 1. The van der Waals surface area contributed by atoms with Crippen LogP contribution in [0.15, 0.2) is 12.1 Å². The molecule has 0 spiro atoms. The zero-order chi connectivity index (χ0) is 13.1. The minimum atomic E-state index is 0.819. The molecular weight excluding hydrogens is 216 g/mol. The molecule has 0 saturated carbocycles. The summed E-state index contributed by atoms with van der Waals surface area (Å²) in [4.78, 5) is 0. The average Bonchev–Trinajstić information content (AvgIpc) is 2.36. The van der Waals surface area contributed by atoms with Crippen LogP contribution in [0.4, 0.5) is 0 Å². The molecule has 0 fully saturated rings. The van der Waals surface area contributed by atoms with Gasteiger partial charge in [-0.15, -0.1) is 0 Å². The lowest BCUT2D eigenvalue weighted by Crippen LogP contribution is -2.17. The molecule has 2 rings (SSSR count). The number of hydrogen-bond donors (Lipinski definition) is 0. The normalized spacial score (nSPS) is 20.6. The van der Waals surface area contributed by atoms with E-state index in [1.807, 2.05) is 0 Å². The van der Waals surface area contributed by atoms with E-state index in [-0.39, 0.29) is 0 Å². The molecule has 0 aromatic heterocycles. The van der Waals surface area contributed by atoms with E-state index in [1.165, 1.54) is 49.7 Å². The minimum Gasteiger partial charge on any atom is -0.0654 e. The summed E-state index contributed by atoms with van der Waals surface area (Å²) in [5, 5.41) is 0. The van der Waals surface area contributed by atoms with Crippen LogP contribution < -0.4 is 0 Å². The fourth-order valence-electron chi connectivity index (χ4n) is 3.45. The van der Waals surface area contributed by atoms with Gasteiger partial charge in [-0.25, -0.2) is 0 Å². The molecule has 0 heteroatoms. The summed E-state index contributed by atoms with van der Waals surface area (Å²) in [7, 11) is 0. The van der Waals surface area contributed by atoms with Gasteiger partial charge in [-0.1, -0.05) is 45.2 Å². The van der Waals surface area contributed by atoms with Gasteiger partial charge >= 0.3 is 0 Å². The summed E-state index contributed by atoms with van der Waals surface area (Å²) < 4.78 is 0. The maximum absolute atomic E-state index is 2.48. The van der Waals surface area contributed by atoms with Gasteiger partial charge in [0.15, 0.2) is 0 Å². The Morgan fingerprint density at radius 1 is 1.22 bits per heavy atom. The van der Waals surface area contributed by atoms with Gasteiger partial charge in [-0.2, -0.15) is 0 Å². The lowest BCUT2D eigenvalue weighted by Gasteiger charge is -2.31. The average molecular weight is 244 g/mol. The molecule has 100 valence electrons. The van der Waals surface area contributed by atoms with E-state index in [4.69, 9.17) is 0 Å². The maximum Gasteiger partial charge on any atom is -0.0133 e. The van der Waals surface area contributed by atoms with Crippen molar-refractivity contribution in [3.8, 4) is 0 Å². The van der Waals surface area contributed by atoms with Gasteiger partial charge in [0.1, 0.15) is 0 Å². The van der Waals surface area contributed by atoms with Crippen molar-refractivity contribution in [3.05, 3.63) is 34.4 Å². The van der Waals surface area contributed by atoms with Crippen LogP contribution in [0.2, 0.25) is 0 Å². The molecule has 1 aliphatic carbocycles. The van der Waals surface area contributed by atoms with Gasteiger partial charge in [0.2, 0.25) is 0 Å². The quantitative estimate of drug-likeness (QED) is 0.651. The van der Waals surface area contributed by atoms with Crippen molar-refractivity contribution in [2.24, 2.45) is 5.92 Å². The molecule has 0 nitrogen and oxygen atoms in total. The highest BCUT2D eigenvalue weighted by molar-refractivity contribution is 5.40. The number of hydrogen-bond acceptors (Lipinski definition) is 0. The van der Waals surface area contributed by atoms with E-state index < -0.39 is 0 Å². The second-order valence-corrected chi connectivity index (χ2v) is 6.25. The molecule has 0 aliphatic heterocycles. The van der Waals surface area contributed by atoms with Crippen LogP contribution in [0, 0.1) is 19.8 Å². The first-order chi connectivity index (χ1) is 8.63. The standard InChI is InChI=1S/C18H28/c1-5-6-8-13(2)17-10-7-9-16-11-14(3)15(4)12-18(16)17/h11-13,17H,5-10H2,1-4H3/t13-,17+/m0/s1. The Balaban J connectivity index is 2.24. The van der Waals surface area contributed by atoms with Crippen molar-refractivity contribution in [2.75, 3.05) is 0 Å². The van der Waals surface area contributed by atoms with Crippen molar-refractivity contribution in [2.45, 2.75) is 72.1 Å². The van der Waals surface area contributed by atoms with Crippen LogP contribution in [0.3, 0.4) is 0 Å².